The Morgan fingerprint density at radius 2 is 1.94 bits per heavy atom. The lowest BCUT2D eigenvalue weighted by Gasteiger charge is -2.03. The van der Waals surface area contributed by atoms with Gasteiger partial charge in [0, 0.05) is 11.1 Å². The SMILES string of the molecule is O=Cc1ccc(-c2cc(Cl)ncc2F)cc1. The van der Waals surface area contributed by atoms with Crippen LogP contribution in [0.15, 0.2) is 36.5 Å². The smallest absolute Gasteiger partial charge is 0.150 e. The summed E-state index contributed by atoms with van der Waals surface area (Å²) in [4.78, 5) is 14.1. The Balaban J connectivity index is 2.49. The molecular formula is C12H7ClFNO. The average molecular weight is 236 g/mol. The lowest BCUT2D eigenvalue weighted by molar-refractivity contribution is 0.112. The molecule has 0 amide bonds. The Kier molecular flexibility index (Phi) is 2.97. The van der Waals surface area contributed by atoms with Crippen molar-refractivity contribution >= 4 is 17.9 Å². The molecular weight excluding hydrogens is 229 g/mol. The molecule has 4 heteroatoms. The lowest BCUT2D eigenvalue weighted by Crippen LogP contribution is -1.87. The molecule has 0 saturated carbocycles. The highest BCUT2D eigenvalue weighted by molar-refractivity contribution is 6.29. The Hall–Kier alpha value is -1.74. The van der Waals surface area contributed by atoms with Crippen molar-refractivity contribution in [3.8, 4) is 11.1 Å². The number of pyridine rings is 1. The van der Waals surface area contributed by atoms with Crippen LogP contribution < -0.4 is 0 Å². The Bertz CT molecular complexity index is 525. The van der Waals surface area contributed by atoms with Gasteiger partial charge in [0.1, 0.15) is 17.3 Å². The third kappa shape index (κ3) is 2.09. The summed E-state index contributed by atoms with van der Waals surface area (Å²) in [5, 5.41) is 0.232. The summed E-state index contributed by atoms with van der Waals surface area (Å²) in [5.74, 6) is -0.441. The second-order valence-corrected chi connectivity index (χ2v) is 3.61. The second-order valence-electron chi connectivity index (χ2n) is 3.23. The Morgan fingerprint density at radius 3 is 2.56 bits per heavy atom. The quantitative estimate of drug-likeness (QED) is 0.590. The number of halogens is 2. The van der Waals surface area contributed by atoms with E-state index in [2.05, 4.69) is 4.98 Å². The van der Waals surface area contributed by atoms with Crippen LogP contribution in [0.25, 0.3) is 11.1 Å². The standard InChI is InChI=1S/C12H7ClFNO/c13-12-5-10(11(14)6-15-12)9-3-1-8(7-16)2-4-9/h1-7H. The zero-order chi connectivity index (χ0) is 11.5. The van der Waals surface area contributed by atoms with E-state index in [1.54, 1.807) is 24.3 Å². The first kappa shape index (κ1) is 10.8. The van der Waals surface area contributed by atoms with Gasteiger partial charge in [0.2, 0.25) is 0 Å². The fraction of sp³-hybridized carbons (Fsp3) is 0. The molecule has 2 aromatic rings. The van der Waals surface area contributed by atoms with E-state index >= 15 is 0 Å². The summed E-state index contributed by atoms with van der Waals surface area (Å²) in [6, 6.07) is 8.02. The van der Waals surface area contributed by atoms with Crippen LogP contribution in [0.2, 0.25) is 5.15 Å². The van der Waals surface area contributed by atoms with Gasteiger partial charge in [-0.2, -0.15) is 0 Å². The summed E-state index contributed by atoms with van der Waals surface area (Å²) in [5.41, 5.74) is 1.58. The third-order valence-corrected chi connectivity index (χ3v) is 2.39. The highest BCUT2D eigenvalue weighted by atomic mass is 35.5. The third-order valence-electron chi connectivity index (χ3n) is 2.18. The van der Waals surface area contributed by atoms with Gasteiger partial charge < -0.3 is 0 Å². The normalized spacial score (nSPS) is 10.1. The van der Waals surface area contributed by atoms with Gasteiger partial charge in [-0.05, 0) is 11.6 Å². The van der Waals surface area contributed by atoms with E-state index in [-0.39, 0.29) is 5.15 Å². The molecule has 1 heterocycles. The van der Waals surface area contributed by atoms with Crippen molar-refractivity contribution in [3.63, 3.8) is 0 Å². The molecule has 0 fully saturated rings. The molecule has 80 valence electrons. The summed E-state index contributed by atoms with van der Waals surface area (Å²) >= 11 is 5.69. The summed E-state index contributed by atoms with van der Waals surface area (Å²) in [6.45, 7) is 0. The van der Waals surface area contributed by atoms with Crippen molar-refractivity contribution < 1.29 is 9.18 Å². The molecule has 0 aliphatic carbocycles. The highest BCUT2D eigenvalue weighted by Crippen LogP contribution is 2.24. The van der Waals surface area contributed by atoms with Gasteiger partial charge in [0.05, 0.1) is 6.20 Å². The lowest BCUT2D eigenvalue weighted by atomic mass is 10.1. The minimum atomic E-state index is -0.441. The van der Waals surface area contributed by atoms with Crippen molar-refractivity contribution in [2.24, 2.45) is 0 Å². The van der Waals surface area contributed by atoms with Crippen LogP contribution in [-0.2, 0) is 0 Å². The monoisotopic (exact) mass is 235 g/mol. The van der Waals surface area contributed by atoms with E-state index < -0.39 is 5.82 Å². The zero-order valence-electron chi connectivity index (χ0n) is 8.15. The molecule has 2 rings (SSSR count). The van der Waals surface area contributed by atoms with E-state index in [0.717, 1.165) is 12.5 Å². The first-order chi connectivity index (χ1) is 7.70. The minimum absolute atomic E-state index is 0.232. The minimum Gasteiger partial charge on any atom is -0.298 e. The largest absolute Gasteiger partial charge is 0.298 e. The van der Waals surface area contributed by atoms with E-state index in [1.165, 1.54) is 6.07 Å². The first-order valence-corrected chi connectivity index (χ1v) is 4.95. The fourth-order valence-corrected chi connectivity index (χ4v) is 1.53. The van der Waals surface area contributed by atoms with Gasteiger partial charge in [0.15, 0.2) is 0 Å². The molecule has 16 heavy (non-hydrogen) atoms. The molecule has 0 spiro atoms. The van der Waals surface area contributed by atoms with E-state index in [0.29, 0.717) is 16.7 Å². The number of rotatable bonds is 2. The molecule has 0 bridgehead atoms. The van der Waals surface area contributed by atoms with Crippen molar-refractivity contribution in [2.75, 3.05) is 0 Å². The Morgan fingerprint density at radius 1 is 1.25 bits per heavy atom. The molecule has 1 aromatic heterocycles. The second kappa shape index (κ2) is 4.41. The first-order valence-electron chi connectivity index (χ1n) is 4.57. The van der Waals surface area contributed by atoms with Crippen LogP contribution in [0, 0.1) is 5.82 Å². The van der Waals surface area contributed by atoms with E-state index in [4.69, 9.17) is 11.6 Å². The average Bonchev–Trinajstić information content (AvgIpc) is 2.32. The predicted molar refractivity (Wildman–Crippen MR) is 60.0 cm³/mol. The number of benzene rings is 1. The molecule has 0 unspecified atom stereocenters. The topological polar surface area (TPSA) is 30.0 Å². The van der Waals surface area contributed by atoms with E-state index in [1.807, 2.05) is 0 Å². The number of hydrogen-bond acceptors (Lipinski definition) is 2. The molecule has 0 aliphatic rings. The summed E-state index contributed by atoms with van der Waals surface area (Å²) < 4.78 is 13.4. The maximum Gasteiger partial charge on any atom is 0.150 e. The molecule has 0 N–H and O–H groups in total. The van der Waals surface area contributed by atoms with Crippen LogP contribution in [0.4, 0.5) is 4.39 Å². The van der Waals surface area contributed by atoms with E-state index in [9.17, 15) is 9.18 Å². The predicted octanol–water partition coefficient (Wildman–Crippen LogP) is 3.35. The van der Waals surface area contributed by atoms with Crippen LogP contribution >= 0.6 is 11.6 Å². The van der Waals surface area contributed by atoms with Crippen LogP contribution in [-0.4, -0.2) is 11.3 Å². The van der Waals surface area contributed by atoms with Gasteiger partial charge >= 0.3 is 0 Å². The van der Waals surface area contributed by atoms with Crippen molar-refractivity contribution in [1.82, 2.24) is 4.98 Å². The molecule has 1 aromatic carbocycles. The zero-order valence-corrected chi connectivity index (χ0v) is 8.91. The van der Waals surface area contributed by atoms with Crippen LogP contribution in [0.1, 0.15) is 10.4 Å². The molecule has 0 aliphatic heterocycles. The van der Waals surface area contributed by atoms with Crippen molar-refractivity contribution in [1.29, 1.82) is 0 Å². The van der Waals surface area contributed by atoms with Crippen molar-refractivity contribution in [2.45, 2.75) is 0 Å². The summed E-state index contributed by atoms with van der Waals surface area (Å²) in [6.07, 6.45) is 1.81. The summed E-state index contributed by atoms with van der Waals surface area (Å²) in [7, 11) is 0. The Labute approximate surface area is 96.7 Å². The molecule has 0 saturated heterocycles. The van der Waals surface area contributed by atoms with Crippen molar-refractivity contribution in [3.05, 3.63) is 53.1 Å². The molecule has 0 radical (unpaired) electrons. The molecule has 2 nitrogen and oxygen atoms in total. The van der Waals surface area contributed by atoms with Gasteiger partial charge in [-0.25, -0.2) is 9.37 Å². The highest BCUT2D eigenvalue weighted by Gasteiger charge is 2.06. The number of hydrogen-bond donors (Lipinski definition) is 0. The molecule has 0 atom stereocenters. The number of carbonyl (C=O) groups is 1. The number of nitrogens with zero attached hydrogens (tertiary/aromatic N) is 1. The van der Waals surface area contributed by atoms with Gasteiger partial charge in [-0.15, -0.1) is 0 Å². The number of carbonyl (C=O) groups excluding carboxylic acids is 1. The number of aromatic nitrogens is 1. The fourth-order valence-electron chi connectivity index (χ4n) is 1.38. The van der Waals surface area contributed by atoms with Crippen LogP contribution in [0.3, 0.4) is 0 Å². The van der Waals surface area contributed by atoms with Gasteiger partial charge in [0.25, 0.3) is 0 Å². The maximum absolute atomic E-state index is 13.4. The van der Waals surface area contributed by atoms with Crippen LogP contribution in [0.5, 0.6) is 0 Å². The van der Waals surface area contributed by atoms with Gasteiger partial charge in [-0.3, -0.25) is 4.79 Å². The number of aldehydes is 1. The maximum atomic E-state index is 13.4. The van der Waals surface area contributed by atoms with Gasteiger partial charge in [-0.1, -0.05) is 35.9 Å².